The first-order valence-corrected chi connectivity index (χ1v) is 23.4. The van der Waals surface area contributed by atoms with E-state index in [4.69, 9.17) is 19.9 Å². The Labute approximate surface area is 370 Å². The number of carbonyl (C=O) groups is 4. The van der Waals surface area contributed by atoms with E-state index in [0.717, 1.165) is 18.6 Å². The van der Waals surface area contributed by atoms with Crippen LogP contribution in [-0.4, -0.2) is 77.6 Å². The van der Waals surface area contributed by atoms with Gasteiger partial charge in [-0.25, -0.2) is 18.2 Å². The number of aromatic nitrogens is 1. The Hall–Kier alpha value is -5.65. The number of urea groups is 1. The van der Waals surface area contributed by atoms with Crippen LogP contribution in [0.3, 0.4) is 0 Å². The van der Waals surface area contributed by atoms with Crippen LogP contribution >= 0.6 is 0 Å². The van der Waals surface area contributed by atoms with E-state index in [-0.39, 0.29) is 37.0 Å². The third kappa shape index (κ3) is 10.8. The molecule has 0 radical (unpaired) electrons. The van der Waals surface area contributed by atoms with Gasteiger partial charge in [-0.2, -0.15) is 13.2 Å². The summed E-state index contributed by atoms with van der Waals surface area (Å²) >= 11 is 0. The number of sulfonamides is 1. The van der Waals surface area contributed by atoms with Crippen LogP contribution in [0.5, 0.6) is 5.75 Å². The first-order valence-electron chi connectivity index (χ1n) is 21.8. The Morgan fingerprint density at radius 2 is 1.73 bits per heavy atom. The van der Waals surface area contributed by atoms with E-state index < -0.39 is 74.5 Å². The fraction of sp³-hybridized carbons (Fsp3) is 0.500. The van der Waals surface area contributed by atoms with Crippen molar-refractivity contribution < 1.29 is 49.9 Å². The molecule has 1 aliphatic heterocycles. The van der Waals surface area contributed by atoms with Crippen LogP contribution in [0.4, 0.5) is 18.0 Å². The highest BCUT2D eigenvalue weighted by atomic mass is 32.2. The predicted molar refractivity (Wildman–Crippen MR) is 234 cm³/mol. The number of alkyl halides is 3. The number of allylic oxidation sites excluding steroid dienone is 2. The fourth-order valence-electron chi connectivity index (χ4n) is 8.25. The summed E-state index contributed by atoms with van der Waals surface area (Å²) in [7, 11) is -3.58. The van der Waals surface area contributed by atoms with E-state index in [2.05, 4.69) is 15.4 Å². The molecule has 14 nitrogen and oxygen atoms in total. The molecule has 5 atom stereocenters. The first-order chi connectivity index (χ1) is 30.2. The van der Waals surface area contributed by atoms with E-state index in [1.807, 2.05) is 31.2 Å². The summed E-state index contributed by atoms with van der Waals surface area (Å²) in [5.74, 6) is -1.79. The van der Waals surface area contributed by atoms with Gasteiger partial charge in [-0.15, -0.1) is 0 Å². The van der Waals surface area contributed by atoms with Crippen LogP contribution < -0.4 is 25.8 Å². The van der Waals surface area contributed by atoms with Gasteiger partial charge in [-0.05, 0) is 95.9 Å². The van der Waals surface area contributed by atoms with Crippen molar-refractivity contribution in [3.8, 4) is 17.0 Å². The molecule has 2 aliphatic carbocycles. The lowest BCUT2D eigenvalue weighted by atomic mass is 10.0. The minimum atomic E-state index is -4.53. The summed E-state index contributed by atoms with van der Waals surface area (Å²) in [6, 6.07) is 9.26. The van der Waals surface area contributed by atoms with Gasteiger partial charge in [0, 0.05) is 34.4 Å². The number of amides is 5. The van der Waals surface area contributed by atoms with Crippen LogP contribution in [0.1, 0.15) is 96.6 Å². The van der Waals surface area contributed by atoms with Crippen LogP contribution in [-0.2, 0) is 37.0 Å². The predicted octanol–water partition coefficient (Wildman–Crippen LogP) is 7.28. The Balaban J connectivity index is 1.05. The summed E-state index contributed by atoms with van der Waals surface area (Å²) in [5, 5.41) is 5.84. The highest BCUT2D eigenvalue weighted by molar-refractivity contribution is 7.90. The molecule has 1 saturated heterocycles. The highest BCUT2D eigenvalue weighted by Gasteiger charge is 2.45. The number of fused-ring (bicyclic) bond motifs is 3. The number of carbonyl (C=O) groups excluding carboxylic acids is 4. The van der Waals surface area contributed by atoms with Crippen LogP contribution in [0.25, 0.3) is 33.3 Å². The van der Waals surface area contributed by atoms with Crippen LogP contribution in [0.2, 0.25) is 0 Å². The second-order valence-corrected chi connectivity index (χ2v) is 20.0. The number of unbranched alkanes of at least 4 members (excludes halogenated alkanes) is 3. The smallest absolute Gasteiger partial charge is 0.416 e. The quantitative estimate of drug-likeness (QED) is 0.0620. The molecule has 3 fully saturated rings. The molecule has 2 aromatic heterocycles. The second-order valence-electron chi connectivity index (χ2n) is 18.0. The molecule has 2 saturated carbocycles. The molecule has 64 heavy (non-hydrogen) atoms. The van der Waals surface area contributed by atoms with E-state index in [1.165, 1.54) is 17.0 Å². The number of ether oxygens (including phenoxy) is 1. The molecule has 0 spiro atoms. The van der Waals surface area contributed by atoms with Crippen molar-refractivity contribution in [3.05, 3.63) is 71.8 Å². The molecule has 344 valence electrons. The summed E-state index contributed by atoms with van der Waals surface area (Å²) < 4.78 is 80.0. The Kier molecular flexibility index (Phi) is 13.4. The number of nitrogens with two attached hydrogens (primary N) is 1. The Bertz CT molecular complexity index is 2550. The highest BCUT2D eigenvalue weighted by Crippen LogP contribution is 2.43. The van der Waals surface area contributed by atoms with Gasteiger partial charge in [-0.1, -0.05) is 56.2 Å². The number of nitrogens with one attached hydrogen (secondary N) is 3. The van der Waals surface area contributed by atoms with Gasteiger partial charge in [-0.3, -0.25) is 19.1 Å². The molecular weight excluding hydrogens is 854 g/mol. The minimum Gasteiger partial charge on any atom is -0.484 e. The van der Waals surface area contributed by atoms with Gasteiger partial charge >= 0.3 is 12.2 Å². The monoisotopic (exact) mass is 908 g/mol. The average Bonchev–Trinajstić information content (AvgIpc) is 4.15. The molecule has 5 amide bonds. The maximum atomic E-state index is 14.4. The number of hydrogen-bond acceptors (Lipinski definition) is 9. The molecule has 0 bridgehead atoms. The first kappa shape index (κ1) is 46.3. The third-order valence-corrected chi connectivity index (χ3v) is 13.6. The molecule has 7 rings (SSSR count). The van der Waals surface area contributed by atoms with Crippen molar-refractivity contribution in [1.29, 1.82) is 0 Å². The van der Waals surface area contributed by atoms with Gasteiger partial charge in [0.2, 0.25) is 27.7 Å². The number of halogens is 3. The maximum absolute atomic E-state index is 14.4. The number of nitrogens with zero attached hydrogens (tertiary/aromatic N) is 2. The normalized spacial score (nSPS) is 20.7. The number of para-hydroxylation sites is 1. The number of rotatable bonds is 17. The summed E-state index contributed by atoms with van der Waals surface area (Å²) in [4.78, 5) is 59.3. The molecule has 4 aromatic rings. The molecule has 5 N–H and O–H groups in total. The topological polar surface area (TPSA) is 203 Å². The zero-order valence-electron chi connectivity index (χ0n) is 36.3. The Morgan fingerprint density at radius 3 is 2.39 bits per heavy atom. The zero-order valence-corrected chi connectivity index (χ0v) is 37.1. The van der Waals surface area contributed by atoms with Crippen molar-refractivity contribution in [2.24, 2.45) is 17.6 Å². The van der Waals surface area contributed by atoms with Gasteiger partial charge in [0.25, 0.3) is 0 Å². The van der Waals surface area contributed by atoms with Gasteiger partial charge < -0.3 is 30.4 Å². The van der Waals surface area contributed by atoms with E-state index >= 15 is 0 Å². The lowest BCUT2D eigenvalue weighted by Gasteiger charge is -2.29. The molecular formula is C46H55F3N6O8S. The number of furan rings is 1. The lowest BCUT2D eigenvalue weighted by Crippen LogP contribution is -2.56. The standard InChI is InChI=1S/C46H55F3N6O8S/c1-5-31-37(26-17-19-28(20-18-26)46(47,48)49)52-38-32-14-11-12-16-36(32)63-40(38)39(31)62-29-24-35(41(50)56)55(25-29)43(58)34(51-44(59)53-45(2,3)4)15-10-8-6-7-9-13-27-23-33(27)42(57)54-64(60,61)30-21-22-30/h9,11-14,16-20,27,29-30,33-35H,5-8,10,15,21-25H2,1-4H3,(H2,50,56)(H,54,57)(H2,51,53,59)/b13-9-/t27-,29-,33?,34+,35+/m1/s1. The fourth-order valence-corrected chi connectivity index (χ4v) is 9.60. The summed E-state index contributed by atoms with van der Waals surface area (Å²) in [5.41, 5.74) is 7.14. The van der Waals surface area contributed by atoms with Crippen molar-refractivity contribution in [2.75, 3.05) is 6.54 Å². The van der Waals surface area contributed by atoms with Crippen LogP contribution in [0, 0.1) is 11.8 Å². The molecule has 1 unspecified atom stereocenters. The zero-order chi connectivity index (χ0) is 46.1. The third-order valence-electron chi connectivity index (χ3n) is 11.8. The number of pyridine rings is 1. The minimum absolute atomic E-state index is 0.00801. The SMILES string of the molecule is CCc1c(-c2ccc(C(F)(F)F)cc2)nc2c(oc3ccccc32)c1O[C@@H]1C[C@@H](C(N)=O)N(C(=O)[C@H](CCCCC/C=C\[C@@H]2CC2C(=O)NS(=O)(=O)C2CC2)NC(=O)NC(C)(C)C)C1. The van der Waals surface area contributed by atoms with Gasteiger partial charge in [0.1, 0.15) is 29.3 Å². The largest absolute Gasteiger partial charge is 0.484 e. The molecule has 18 heteroatoms. The lowest BCUT2D eigenvalue weighted by molar-refractivity contribution is -0.139. The molecule has 3 heterocycles. The van der Waals surface area contributed by atoms with Crippen molar-refractivity contribution in [1.82, 2.24) is 25.2 Å². The van der Waals surface area contributed by atoms with Gasteiger partial charge in [0.15, 0.2) is 11.3 Å². The van der Waals surface area contributed by atoms with E-state index in [1.54, 1.807) is 32.9 Å². The Morgan fingerprint density at radius 1 is 1.02 bits per heavy atom. The number of benzene rings is 2. The average molecular weight is 909 g/mol. The molecule has 2 aromatic carbocycles. The maximum Gasteiger partial charge on any atom is 0.416 e. The number of hydrogen-bond donors (Lipinski definition) is 4. The van der Waals surface area contributed by atoms with Gasteiger partial charge in [0.05, 0.1) is 23.1 Å². The second kappa shape index (κ2) is 18.4. The van der Waals surface area contributed by atoms with E-state index in [9.17, 15) is 40.8 Å². The van der Waals surface area contributed by atoms with E-state index in [0.29, 0.717) is 83.8 Å². The summed E-state index contributed by atoms with van der Waals surface area (Å²) in [6.07, 6.45) is 3.70. The van der Waals surface area contributed by atoms with Crippen LogP contribution in [0.15, 0.2) is 65.1 Å². The summed E-state index contributed by atoms with van der Waals surface area (Å²) in [6.45, 7) is 7.21. The van der Waals surface area contributed by atoms with Crippen molar-refractivity contribution in [3.63, 3.8) is 0 Å². The number of primary amides is 1. The van der Waals surface area contributed by atoms with Crippen molar-refractivity contribution in [2.45, 2.75) is 127 Å². The molecule has 3 aliphatic rings. The number of likely N-dealkylation sites (tertiary alicyclic amines) is 1. The van der Waals surface area contributed by atoms with Crippen molar-refractivity contribution >= 4 is 55.8 Å².